The second-order valence-electron chi connectivity index (χ2n) is 11.6. The van der Waals surface area contributed by atoms with E-state index in [-0.39, 0.29) is 29.7 Å². The van der Waals surface area contributed by atoms with Crippen molar-refractivity contribution in [3.63, 3.8) is 0 Å². The van der Waals surface area contributed by atoms with Gasteiger partial charge in [-0.3, -0.25) is 9.59 Å². The van der Waals surface area contributed by atoms with Crippen molar-refractivity contribution in [1.29, 1.82) is 0 Å². The topological polar surface area (TPSA) is 137 Å². The summed E-state index contributed by atoms with van der Waals surface area (Å²) in [5.74, 6) is 0.00188. The van der Waals surface area contributed by atoms with Gasteiger partial charge in [0.2, 0.25) is 15.9 Å². The van der Waals surface area contributed by atoms with Gasteiger partial charge in [-0.1, -0.05) is 55.7 Å². The number of amides is 2. The van der Waals surface area contributed by atoms with Gasteiger partial charge in [0.05, 0.1) is 42.9 Å². The summed E-state index contributed by atoms with van der Waals surface area (Å²) in [4.78, 5) is 26.3. The molecule has 2 amide bonds. The van der Waals surface area contributed by atoms with Crippen molar-refractivity contribution in [2.45, 2.75) is 69.7 Å². The number of aliphatic hydroxyl groups is 1. The zero-order valence-electron chi connectivity index (χ0n) is 26.1. The zero-order valence-corrected chi connectivity index (χ0v) is 26.9. The number of nitrogens with zero attached hydrogens (tertiary/aromatic N) is 1. The van der Waals surface area contributed by atoms with E-state index in [4.69, 9.17) is 4.74 Å². The predicted octanol–water partition coefficient (Wildman–Crippen LogP) is 3.92. The Morgan fingerprint density at radius 1 is 0.956 bits per heavy atom. The van der Waals surface area contributed by atoms with E-state index in [9.17, 15) is 23.1 Å². The summed E-state index contributed by atoms with van der Waals surface area (Å²) in [7, 11) is -2.24. The molecule has 0 saturated heterocycles. The molecule has 0 aromatic heterocycles. The Morgan fingerprint density at radius 2 is 1.64 bits per heavy atom. The number of nitrogens with one attached hydrogen (secondary N) is 3. The van der Waals surface area contributed by atoms with Gasteiger partial charge in [-0.05, 0) is 74.2 Å². The number of aliphatic hydroxyl groups excluding tert-OH is 1. The van der Waals surface area contributed by atoms with Gasteiger partial charge >= 0.3 is 0 Å². The fourth-order valence-electron chi connectivity index (χ4n) is 5.53. The van der Waals surface area contributed by atoms with Crippen LogP contribution in [0.5, 0.6) is 5.75 Å². The minimum Gasteiger partial charge on any atom is -0.497 e. The third-order valence-electron chi connectivity index (χ3n) is 8.04. The van der Waals surface area contributed by atoms with E-state index in [2.05, 4.69) is 16.0 Å². The first kappa shape index (κ1) is 34.0. The van der Waals surface area contributed by atoms with Crippen molar-refractivity contribution in [2.75, 3.05) is 24.2 Å². The molecule has 0 unspecified atom stereocenters. The molecule has 0 aliphatic heterocycles. The van der Waals surface area contributed by atoms with Crippen LogP contribution < -0.4 is 25.0 Å². The van der Waals surface area contributed by atoms with E-state index >= 15 is 0 Å². The molecule has 1 aliphatic rings. The number of methoxy groups -OCH3 is 1. The molecular formula is C34H44N4O6S. The molecule has 242 valence electrons. The minimum absolute atomic E-state index is 0.0798. The molecule has 11 heteroatoms. The molecule has 0 spiro atoms. The first-order valence-electron chi connectivity index (χ1n) is 15.4. The Bertz CT molecular complexity index is 1510. The average molecular weight is 637 g/mol. The van der Waals surface area contributed by atoms with Crippen molar-refractivity contribution in [3.05, 3.63) is 90.0 Å². The first-order valence-corrected chi connectivity index (χ1v) is 17.2. The van der Waals surface area contributed by atoms with E-state index in [0.29, 0.717) is 17.9 Å². The maximum absolute atomic E-state index is 13.6. The van der Waals surface area contributed by atoms with Crippen LogP contribution in [0.15, 0.2) is 78.9 Å². The third-order valence-corrected chi connectivity index (χ3v) is 9.12. The normalized spacial score (nSPS) is 15.8. The number of carbonyl (C=O) groups is 2. The maximum Gasteiger partial charge on any atom is 0.251 e. The number of rotatable bonds is 14. The van der Waals surface area contributed by atoms with Crippen LogP contribution in [-0.2, 0) is 21.2 Å². The number of sulfonamides is 1. The van der Waals surface area contributed by atoms with Gasteiger partial charge in [0.1, 0.15) is 5.75 Å². The van der Waals surface area contributed by atoms with E-state index in [1.807, 2.05) is 30.3 Å². The SMILES string of the molecule is COc1ccc(N(c2cccc(C(=O)N[C@@H](Cc3ccccc3)[C@H](O)CN[C@@H](C)C(=O)NC3CCCCC3)c2)S(C)(=O)=O)cc1. The van der Waals surface area contributed by atoms with Gasteiger partial charge in [0.15, 0.2) is 0 Å². The summed E-state index contributed by atoms with van der Waals surface area (Å²) in [5, 5.41) is 20.4. The Hall–Kier alpha value is -3.93. The Kier molecular flexibility index (Phi) is 12.0. The molecule has 4 rings (SSSR count). The second kappa shape index (κ2) is 15.9. The highest BCUT2D eigenvalue weighted by Crippen LogP contribution is 2.30. The summed E-state index contributed by atoms with van der Waals surface area (Å²) in [6.45, 7) is 1.84. The molecule has 0 bridgehead atoms. The lowest BCUT2D eigenvalue weighted by atomic mass is 9.95. The molecule has 3 aromatic rings. The molecule has 10 nitrogen and oxygen atoms in total. The predicted molar refractivity (Wildman–Crippen MR) is 176 cm³/mol. The number of ether oxygens (including phenoxy) is 1. The summed E-state index contributed by atoms with van der Waals surface area (Å²) >= 11 is 0. The van der Waals surface area contributed by atoms with Crippen LogP contribution in [-0.4, -0.2) is 69.5 Å². The lowest BCUT2D eigenvalue weighted by Crippen LogP contribution is -2.53. The molecule has 4 N–H and O–H groups in total. The van der Waals surface area contributed by atoms with Crippen LogP contribution in [0.4, 0.5) is 11.4 Å². The van der Waals surface area contributed by atoms with Gasteiger partial charge in [0, 0.05) is 18.2 Å². The van der Waals surface area contributed by atoms with E-state index in [1.165, 1.54) is 19.6 Å². The molecule has 1 fully saturated rings. The van der Waals surface area contributed by atoms with Gasteiger partial charge in [-0.2, -0.15) is 0 Å². The third kappa shape index (κ3) is 9.78. The monoisotopic (exact) mass is 636 g/mol. The van der Waals surface area contributed by atoms with Crippen LogP contribution in [0.3, 0.4) is 0 Å². The summed E-state index contributed by atoms with van der Waals surface area (Å²) < 4.78 is 32.1. The molecule has 0 radical (unpaired) electrons. The highest BCUT2D eigenvalue weighted by Gasteiger charge is 2.26. The average Bonchev–Trinajstić information content (AvgIpc) is 3.04. The van der Waals surface area contributed by atoms with Crippen LogP contribution in [0.2, 0.25) is 0 Å². The van der Waals surface area contributed by atoms with Crippen LogP contribution >= 0.6 is 0 Å². The second-order valence-corrected chi connectivity index (χ2v) is 13.4. The molecule has 45 heavy (non-hydrogen) atoms. The highest BCUT2D eigenvalue weighted by atomic mass is 32.2. The fraction of sp³-hybridized carbons (Fsp3) is 0.412. The van der Waals surface area contributed by atoms with Crippen LogP contribution in [0.25, 0.3) is 0 Å². The quantitative estimate of drug-likeness (QED) is 0.211. The summed E-state index contributed by atoms with van der Waals surface area (Å²) in [5.41, 5.74) is 1.82. The number of hydrogen-bond acceptors (Lipinski definition) is 7. The molecule has 0 heterocycles. The minimum atomic E-state index is -3.76. The Labute approximate surface area is 266 Å². The standard InChI is InChI=1S/C34H44N4O6S/c1-24(33(40)36-27-14-8-5-9-15-27)35-23-32(39)31(21-25-11-6-4-7-12-25)37-34(41)26-13-10-16-29(22-26)38(45(3,42)43)28-17-19-30(44-2)20-18-28/h4,6-7,10-13,16-20,22,24,27,31-32,35,39H,5,8-9,14-15,21,23H2,1-3H3,(H,36,40)(H,37,41)/t24-,31-,32+/m0/s1. The van der Waals surface area contributed by atoms with Crippen molar-refractivity contribution in [2.24, 2.45) is 0 Å². The lowest BCUT2D eigenvalue weighted by molar-refractivity contribution is -0.123. The number of benzene rings is 3. The van der Waals surface area contributed by atoms with Gasteiger partial charge < -0.3 is 25.8 Å². The smallest absolute Gasteiger partial charge is 0.251 e. The number of hydrogen-bond donors (Lipinski definition) is 4. The van der Waals surface area contributed by atoms with Crippen molar-refractivity contribution < 1.29 is 27.9 Å². The van der Waals surface area contributed by atoms with E-state index in [1.54, 1.807) is 49.4 Å². The van der Waals surface area contributed by atoms with E-state index < -0.39 is 34.1 Å². The molecule has 1 saturated carbocycles. The number of carbonyl (C=O) groups excluding carboxylic acids is 2. The summed E-state index contributed by atoms with van der Waals surface area (Å²) in [6, 6.07) is 21.4. The summed E-state index contributed by atoms with van der Waals surface area (Å²) in [6.07, 6.45) is 5.81. The maximum atomic E-state index is 13.6. The Morgan fingerprint density at radius 3 is 2.29 bits per heavy atom. The van der Waals surface area contributed by atoms with Crippen LogP contribution in [0.1, 0.15) is 54.9 Å². The van der Waals surface area contributed by atoms with Crippen molar-refractivity contribution >= 4 is 33.2 Å². The highest BCUT2D eigenvalue weighted by molar-refractivity contribution is 7.92. The zero-order chi connectivity index (χ0) is 32.4. The molecule has 3 atom stereocenters. The van der Waals surface area contributed by atoms with Crippen molar-refractivity contribution in [1.82, 2.24) is 16.0 Å². The van der Waals surface area contributed by atoms with Gasteiger partial charge in [0.25, 0.3) is 5.91 Å². The first-order chi connectivity index (χ1) is 21.5. The molecular weight excluding hydrogens is 592 g/mol. The van der Waals surface area contributed by atoms with E-state index in [0.717, 1.165) is 41.8 Å². The number of anilines is 2. The van der Waals surface area contributed by atoms with Crippen LogP contribution in [0, 0.1) is 0 Å². The van der Waals surface area contributed by atoms with Gasteiger partial charge in [-0.25, -0.2) is 12.7 Å². The van der Waals surface area contributed by atoms with Crippen molar-refractivity contribution in [3.8, 4) is 5.75 Å². The Balaban J connectivity index is 1.49. The fourth-order valence-corrected chi connectivity index (χ4v) is 6.53. The molecule has 1 aliphatic carbocycles. The van der Waals surface area contributed by atoms with Gasteiger partial charge in [-0.15, -0.1) is 0 Å². The molecule has 3 aromatic carbocycles. The largest absolute Gasteiger partial charge is 0.497 e. The lowest BCUT2D eigenvalue weighted by Gasteiger charge is -2.28.